The number of ether oxygens (including phenoxy) is 2. The molecule has 1 unspecified atom stereocenters. The molecule has 0 fully saturated rings. The largest absolute Gasteiger partial charge is 0.469 e. The quantitative estimate of drug-likeness (QED) is 0.540. The molecule has 0 aromatic heterocycles. The Morgan fingerprint density at radius 1 is 1.26 bits per heavy atom. The van der Waals surface area contributed by atoms with Gasteiger partial charge in [0.05, 0.1) is 13.7 Å². The fourth-order valence-electron chi connectivity index (χ4n) is 1.61. The Hall–Kier alpha value is -1.36. The molecule has 0 radical (unpaired) electrons. The molecule has 0 rings (SSSR count). The molecule has 110 valence electrons. The summed E-state index contributed by atoms with van der Waals surface area (Å²) in [6, 6.07) is 0. The third-order valence-electron chi connectivity index (χ3n) is 2.74. The maximum atomic E-state index is 11.8. The number of aliphatic hydroxyl groups is 1. The second-order valence-corrected chi connectivity index (χ2v) is 4.65. The lowest BCUT2D eigenvalue weighted by atomic mass is 9.91. The Balaban J connectivity index is 4.65. The number of hydrogen-bond acceptors (Lipinski definition) is 5. The molecule has 0 saturated carbocycles. The van der Waals surface area contributed by atoms with E-state index < -0.39 is 17.5 Å². The van der Waals surface area contributed by atoms with Gasteiger partial charge in [-0.3, -0.25) is 4.79 Å². The van der Waals surface area contributed by atoms with Crippen molar-refractivity contribution in [1.82, 2.24) is 0 Å². The van der Waals surface area contributed by atoms with Crippen LogP contribution in [0.15, 0.2) is 11.6 Å². The highest BCUT2D eigenvalue weighted by atomic mass is 16.5. The molecule has 1 atom stereocenters. The average molecular weight is 272 g/mol. The van der Waals surface area contributed by atoms with Crippen molar-refractivity contribution in [3.8, 4) is 0 Å². The fourth-order valence-corrected chi connectivity index (χ4v) is 1.61. The van der Waals surface area contributed by atoms with Crippen molar-refractivity contribution in [2.75, 3.05) is 13.7 Å². The van der Waals surface area contributed by atoms with Gasteiger partial charge in [0, 0.05) is 6.42 Å². The summed E-state index contributed by atoms with van der Waals surface area (Å²) in [5.41, 5.74) is -0.518. The average Bonchev–Trinajstić information content (AvgIpc) is 2.35. The second kappa shape index (κ2) is 8.69. The zero-order chi connectivity index (χ0) is 14.9. The minimum atomic E-state index is -1.63. The highest BCUT2D eigenvalue weighted by Crippen LogP contribution is 2.22. The number of allylic oxidation sites excluding steroid dienone is 2. The topological polar surface area (TPSA) is 72.8 Å². The minimum Gasteiger partial charge on any atom is -0.469 e. The first-order chi connectivity index (χ1) is 8.85. The molecule has 0 aliphatic carbocycles. The number of rotatable bonds is 8. The molecule has 5 nitrogen and oxygen atoms in total. The van der Waals surface area contributed by atoms with Crippen LogP contribution in [-0.2, 0) is 19.1 Å². The Morgan fingerprint density at radius 3 is 2.37 bits per heavy atom. The lowest BCUT2D eigenvalue weighted by Crippen LogP contribution is -2.40. The van der Waals surface area contributed by atoms with Gasteiger partial charge in [0.1, 0.15) is 0 Å². The highest BCUT2D eigenvalue weighted by molar-refractivity contribution is 5.80. The highest BCUT2D eigenvalue weighted by Gasteiger charge is 2.37. The lowest BCUT2D eigenvalue weighted by molar-refractivity contribution is -0.167. The molecule has 0 amide bonds. The molecule has 0 spiro atoms. The van der Waals surface area contributed by atoms with Gasteiger partial charge in [-0.2, -0.15) is 0 Å². The van der Waals surface area contributed by atoms with Crippen molar-refractivity contribution in [2.24, 2.45) is 0 Å². The van der Waals surface area contributed by atoms with Crippen molar-refractivity contribution < 1.29 is 24.2 Å². The predicted octanol–water partition coefficient (Wildman–Crippen LogP) is 1.98. The van der Waals surface area contributed by atoms with Crippen molar-refractivity contribution in [1.29, 1.82) is 0 Å². The minimum absolute atomic E-state index is 0.00904. The molecule has 0 saturated heterocycles. The monoisotopic (exact) mass is 272 g/mol. The third kappa shape index (κ3) is 6.96. The second-order valence-electron chi connectivity index (χ2n) is 4.65. The summed E-state index contributed by atoms with van der Waals surface area (Å²) in [6.45, 7) is 5.76. The van der Waals surface area contributed by atoms with Crippen LogP contribution < -0.4 is 0 Å². The number of hydrogen-bond donors (Lipinski definition) is 1. The Bertz CT molecular complexity index is 331. The van der Waals surface area contributed by atoms with Gasteiger partial charge in [-0.25, -0.2) is 4.79 Å². The number of esters is 2. The van der Waals surface area contributed by atoms with E-state index >= 15 is 0 Å². The molecule has 0 aromatic carbocycles. The normalized spacial score (nSPS) is 13.3. The Kier molecular flexibility index (Phi) is 8.07. The maximum absolute atomic E-state index is 11.8. The summed E-state index contributed by atoms with van der Waals surface area (Å²) in [7, 11) is 1.27. The number of carbonyl (C=O) groups is 2. The zero-order valence-corrected chi connectivity index (χ0v) is 12.2. The molecule has 0 aromatic rings. The van der Waals surface area contributed by atoms with Gasteiger partial charge in [-0.05, 0) is 40.0 Å². The summed E-state index contributed by atoms with van der Waals surface area (Å²) in [4.78, 5) is 22.9. The van der Waals surface area contributed by atoms with Gasteiger partial charge in [0.2, 0.25) is 0 Å². The number of carbonyl (C=O) groups excluding carboxylic acids is 2. The van der Waals surface area contributed by atoms with E-state index in [0.717, 1.165) is 5.57 Å². The first-order valence-electron chi connectivity index (χ1n) is 6.45. The van der Waals surface area contributed by atoms with Gasteiger partial charge < -0.3 is 14.6 Å². The van der Waals surface area contributed by atoms with Gasteiger partial charge >= 0.3 is 11.9 Å². The van der Waals surface area contributed by atoms with Crippen LogP contribution in [0.25, 0.3) is 0 Å². The van der Waals surface area contributed by atoms with E-state index in [9.17, 15) is 14.7 Å². The van der Waals surface area contributed by atoms with Gasteiger partial charge in [-0.15, -0.1) is 0 Å². The Morgan fingerprint density at radius 2 is 1.89 bits per heavy atom. The summed E-state index contributed by atoms with van der Waals surface area (Å²) >= 11 is 0. The molecular formula is C14H24O5. The van der Waals surface area contributed by atoms with E-state index in [4.69, 9.17) is 4.74 Å². The lowest BCUT2D eigenvalue weighted by Gasteiger charge is -2.25. The smallest absolute Gasteiger partial charge is 0.338 e. The van der Waals surface area contributed by atoms with Crippen molar-refractivity contribution in [2.45, 2.75) is 52.1 Å². The summed E-state index contributed by atoms with van der Waals surface area (Å²) in [5, 5.41) is 10.4. The molecule has 0 aliphatic heterocycles. The van der Waals surface area contributed by atoms with E-state index in [2.05, 4.69) is 4.74 Å². The predicted molar refractivity (Wildman–Crippen MR) is 71.5 cm³/mol. The van der Waals surface area contributed by atoms with E-state index in [1.807, 2.05) is 19.9 Å². The van der Waals surface area contributed by atoms with Crippen molar-refractivity contribution in [3.05, 3.63) is 11.6 Å². The van der Waals surface area contributed by atoms with Gasteiger partial charge in [0.25, 0.3) is 0 Å². The molecule has 19 heavy (non-hydrogen) atoms. The number of methoxy groups -OCH3 is 1. The van der Waals surface area contributed by atoms with Crippen LogP contribution in [-0.4, -0.2) is 36.4 Å². The fraction of sp³-hybridized carbons (Fsp3) is 0.714. The Labute approximate surface area is 114 Å². The molecule has 5 heteroatoms. The van der Waals surface area contributed by atoms with E-state index in [1.54, 1.807) is 6.92 Å². The van der Waals surface area contributed by atoms with Crippen LogP contribution in [0.5, 0.6) is 0 Å². The van der Waals surface area contributed by atoms with Crippen molar-refractivity contribution >= 4 is 11.9 Å². The third-order valence-corrected chi connectivity index (χ3v) is 2.74. The molecule has 0 aliphatic rings. The van der Waals surface area contributed by atoms with Crippen LogP contribution in [0.1, 0.15) is 46.5 Å². The first-order valence-corrected chi connectivity index (χ1v) is 6.45. The maximum Gasteiger partial charge on any atom is 0.338 e. The molecule has 1 N–H and O–H groups in total. The standard InChI is InChI=1S/C14H24O5/c1-5-19-13(16)14(17,9-6-7-11(2)3)10-8-12(15)18-4/h7,17H,5-6,8-10H2,1-4H3. The van der Waals surface area contributed by atoms with E-state index in [1.165, 1.54) is 7.11 Å². The van der Waals surface area contributed by atoms with Crippen LogP contribution in [0.4, 0.5) is 0 Å². The molecule has 0 heterocycles. The SMILES string of the molecule is CCOC(=O)C(O)(CCC=C(C)C)CCC(=O)OC. The molecular weight excluding hydrogens is 248 g/mol. The van der Waals surface area contributed by atoms with Crippen LogP contribution in [0.3, 0.4) is 0 Å². The van der Waals surface area contributed by atoms with Gasteiger partial charge in [-0.1, -0.05) is 11.6 Å². The first kappa shape index (κ1) is 17.6. The van der Waals surface area contributed by atoms with Crippen molar-refractivity contribution in [3.63, 3.8) is 0 Å². The molecule has 0 bridgehead atoms. The van der Waals surface area contributed by atoms with Crippen LogP contribution in [0, 0.1) is 0 Å². The van der Waals surface area contributed by atoms with Gasteiger partial charge in [0.15, 0.2) is 5.60 Å². The summed E-state index contributed by atoms with van der Waals surface area (Å²) in [6.07, 6.45) is 2.71. The van der Waals surface area contributed by atoms with Crippen LogP contribution >= 0.6 is 0 Å². The van der Waals surface area contributed by atoms with Crippen LogP contribution in [0.2, 0.25) is 0 Å². The van der Waals surface area contributed by atoms with E-state index in [0.29, 0.717) is 6.42 Å². The zero-order valence-electron chi connectivity index (χ0n) is 12.2. The van der Waals surface area contributed by atoms with E-state index in [-0.39, 0.29) is 25.9 Å². The summed E-state index contributed by atoms with van der Waals surface area (Å²) in [5.74, 6) is -1.13. The summed E-state index contributed by atoms with van der Waals surface area (Å²) < 4.78 is 9.38.